The Labute approximate surface area is 121 Å². The molecule has 1 heterocycles. The van der Waals surface area contributed by atoms with Crippen molar-refractivity contribution >= 4 is 11.9 Å². The van der Waals surface area contributed by atoms with E-state index in [0.717, 1.165) is 38.8 Å². The molecule has 4 heteroatoms. The van der Waals surface area contributed by atoms with Crippen molar-refractivity contribution in [3.05, 3.63) is 0 Å². The van der Waals surface area contributed by atoms with Gasteiger partial charge in [0.05, 0.1) is 11.8 Å². The molecule has 2 rings (SSSR count). The topological polar surface area (TPSA) is 57.6 Å². The fourth-order valence-electron chi connectivity index (χ4n) is 3.75. The van der Waals surface area contributed by atoms with Gasteiger partial charge in [0.25, 0.3) is 0 Å². The molecule has 1 amide bonds. The lowest BCUT2D eigenvalue weighted by molar-refractivity contribution is -0.149. The van der Waals surface area contributed by atoms with Gasteiger partial charge in [0.2, 0.25) is 5.91 Å². The zero-order valence-corrected chi connectivity index (χ0v) is 12.9. The smallest absolute Gasteiger partial charge is 0.307 e. The summed E-state index contributed by atoms with van der Waals surface area (Å²) < 4.78 is 0. The maximum Gasteiger partial charge on any atom is 0.307 e. The fourth-order valence-corrected chi connectivity index (χ4v) is 3.75. The molecule has 1 aliphatic heterocycles. The van der Waals surface area contributed by atoms with Crippen LogP contribution in [0.25, 0.3) is 0 Å². The van der Waals surface area contributed by atoms with Crippen LogP contribution >= 0.6 is 0 Å². The van der Waals surface area contributed by atoms with Crippen LogP contribution in [-0.2, 0) is 9.59 Å². The number of carboxylic acids is 1. The second-order valence-electron chi connectivity index (χ2n) is 7.45. The maximum absolute atomic E-state index is 12.5. The number of nitrogens with zero attached hydrogens (tertiary/aromatic N) is 1. The van der Waals surface area contributed by atoms with E-state index in [-0.39, 0.29) is 11.8 Å². The van der Waals surface area contributed by atoms with E-state index in [1.807, 2.05) is 4.90 Å². The van der Waals surface area contributed by atoms with Crippen LogP contribution in [0.15, 0.2) is 0 Å². The Morgan fingerprint density at radius 1 is 1.00 bits per heavy atom. The fraction of sp³-hybridized carbons (Fsp3) is 0.875. The molecule has 4 nitrogen and oxygen atoms in total. The number of amides is 1. The van der Waals surface area contributed by atoms with E-state index in [0.29, 0.717) is 17.8 Å². The number of aliphatic carboxylic acids is 1. The summed E-state index contributed by atoms with van der Waals surface area (Å²) in [4.78, 5) is 25.7. The number of rotatable bonds is 2. The van der Waals surface area contributed by atoms with Gasteiger partial charge in [-0.15, -0.1) is 0 Å². The molecule has 0 radical (unpaired) electrons. The predicted octanol–water partition coefficient (Wildman–Crippen LogP) is 2.77. The number of carbonyl (C=O) groups excluding carboxylic acids is 1. The molecule has 20 heavy (non-hydrogen) atoms. The van der Waals surface area contributed by atoms with Crippen molar-refractivity contribution in [3.63, 3.8) is 0 Å². The van der Waals surface area contributed by atoms with E-state index in [1.54, 1.807) is 0 Å². The molecular weight excluding hydrogens is 254 g/mol. The average molecular weight is 281 g/mol. The Morgan fingerprint density at radius 3 is 2.05 bits per heavy atom. The van der Waals surface area contributed by atoms with Crippen molar-refractivity contribution < 1.29 is 14.7 Å². The van der Waals surface area contributed by atoms with Crippen LogP contribution in [0.5, 0.6) is 0 Å². The largest absolute Gasteiger partial charge is 0.481 e. The minimum absolute atomic E-state index is 0.0854. The number of piperidine rings is 1. The predicted molar refractivity (Wildman–Crippen MR) is 77.2 cm³/mol. The number of hydrogen-bond donors (Lipinski definition) is 1. The van der Waals surface area contributed by atoms with E-state index in [2.05, 4.69) is 20.8 Å². The minimum atomic E-state index is -0.801. The van der Waals surface area contributed by atoms with Gasteiger partial charge in [0.1, 0.15) is 0 Å². The Balaban J connectivity index is 1.93. The Kier molecular flexibility index (Phi) is 4.40. The quantitative estimate of drug-likeness (QED) is 0.846. The van der Waals surface area contributed by atoms with Crippen LogP contribution in [0, 0.1) is 23.2 Å². The first-order valence-electron chi connectivity index (χ1n) is 7.82. The molecule has 2 aliphatic rings. The van der Waals surface area contributed by atoms with Crippen molar-refractivity contribution in [1.29, 1.82) is 0 Å². The zero-order valence-electron chi connectivity index (χ0n) is 12.9. The lowest BCUT2D eigenvalue weighted by Crippen LogP contribution is -2.45. The summed E-state index contributed by atoms with van der Waals surface area (Å²) >= 11 is 0. The second kappa shape index (κ2) is 5.74. The Hall–Kier alpha value is -1.06. The van der Waals surface area contributed by atoms with Crippen molar-refractivity contribution in [2.45, 2.75) is 52.9 Å². The van der Waals surface area contributed by atoms with Crippen molar-refractivity contribution in [2.75, 3.05) is 13.1 Å². The lowest BCUT2D eigenvalue weighted by Gasteiger charge is -2.39. The number of carbonyl (C=O) groups is 2. The summed E-state index contributed by atoms with van der Waals surface area (Å²) in [6.45, 7) is 8.36. The van der Waals surface area contributed by atoms with Gasteiger partial charge in [-0.3, -0.25) is 9.59 Å². The Morgan fingerprint density at radius 2 is 1.55 bits per heavy atom. The molecular formula is C16H27NO3. The second-order valence-corrected chi connectivity index (χ2v) is 7.45. The van der Waals surface area contributed by atoms with Gasteiger partial charge < -0.3 is 10.0 Å². The molecule has 2 fully saturated rings. The third-order valence-electron chi connectivity index (χ3n) is 5.18. The van der Waals surface area contributed by atoms with E-state index in [9.17, 15) is 14.7 Å². The van der Waals surface area contributed by atoms with Gasteiger partial charge in [0.15, 0.2) is 0 Å². The highest BCUT2D eigenvalue weighted by molar-refractivity contribution is 5.85. The highest BCUT2D eigenvalue weighted by Crippen LogP contribution is 2.37. The van der Waals surface area contributed by atoms with Crippen LogP contribution < -0.4 is 0 Å². The molecule has 2 atom stereocenters. The van der Waals surface area contributed by atoms with Gasteiger partial charge >= 0.3 is 5.97 Å². The summed E-state index contributed by atoms with van der Waals surface area (Å²) in [6, 6.07) is 0. The van der Waals surface area contributed by atoms with Gasteiger partial charge in [-0.1, -0.05) is 27.2 Å². The van der Waals surface area contributed by atoms with Crippen LogP contribution in [0.3, 0.4) is 0 Å². The van der Waals surface area contributed by atoms with E-state index < -0.39 is 11.9 Å². The maximum atomic E-state index is 12.5. The van der Waals surface area contributed by atoms with Gasteiger partial charge in [-0.05, 0) is 37.0 Å². The molecule has 0 aromatic heterocycles. The number of hydrogen-bond acceptors (Lipinski definition) is 2. The molecule has 0 unspecified atom stereocenters. The molecule has 1 N–H and O–H groups in total. The summed E-state index contributed by atoms with van der Waals surface area (Å²) in [6.07, 6.45) is 4.35. The third-order valence-corrected chi connectivity index (χ3v) is 5.18. The summed E-state index contributed by atoms with van der Waals surface area (Å²) in [5, 5.41) is 9.21. The molecule has 1 saturated heterocycles. The van der Waals surface area contributed by atoms with Crippen molar-refractivity contribution in [2.24, 2.45) is 23.2 Å². The molecule has 0 aromatic rings. The molecule has 114 valence electrons. The highest BCUT2D eigenvalue weighted by atomic mass is 16.4. The zero-order chi connectivity index (χ0) is 14.9. The number of likely N-dealkylation sites (tertiary alicyclic amines) is 1. The first kappa shape index (κ1) is 15.3. The first-order chi connectivity index (χ1) is 9.30. The average Bonchev–Trinajstić information content (AvgIpc) is 2.86. The lowest BCUT2D eigenvalue weighted by atomic mass is 9.75. The molecule has 1 aliphatic carbocycles. The first-order valence-corrected chi connectivity index (χ1v) is 7.82. The number of carboxylic acid groups (broad SMARTS) is 1. The minimum Gasteiger partial charge on any atom is -0.481 e. The normalized spacial score (nSPS) is 28.6. The van der Waals surface area contributed by atoms with Crippen molar-refractivity contribution in [3.8, 4) is 0 Å². The SMILES string of the molecule is CC(C)(C)C1CCN(C(=O)[C@@H]2CCC[C@@H]2C(=O)O)CC1. The molecule has 0 spiro atoms. The molecule has 0 aromatic carbocycles. The van der Waals surface area contributed by atoms with Gasteiger partial charge in [-0.2, -0.15) is 0 Å². The highest BCUT2D eigenvalue weighted by Gasteiger charge is 2.41. The summed E-state index contributed by atoms with van der Waals surface area (Å²) in [5.74, 6) is -0.792. The van der Waals surface area contributed by atoms with E-state index in [1.165, 1.54) is 0 Å². The summed E-state index contributed by atoms with van der Waals surface area (Å²) in [7, 11) is 0. The van der Waals surface area contributed by atoms with Crippen LogP contribution in [0.4, 0.5) is 0 Å². The molecule has 0 bridgehead atoms. The van der Waals surface area contributed by atoms with Crippen LogP contribution in [0.1, 0.15) is 52.9 Å². The molecule has 1 saturated carbocycles. The summed E-state index contributed by atoms with van der Waals surface area (Å²) in [5.41, 5.74) is 0.298. The van der Waals surface area contributed by atoms with Gasteiger partial charge in [0, 0.05) is 13.1 Å². The van der Waals surface area contributed by atoms with E-state index in [4.69, 9.17) is 0 Å². The van der Waals surface area contributed by atoms with Crippen LogP contribution in [-0.4, -0.2) is 35.0 Å². The Bertz CT molecular complexity index is 378. The van der Waals surface area contributed by atoms with Crippen LogP contribution in [0.2, 0.25) is 0 Å². The van der Waals surface area contributed by atoms with Gasteiger partial charge in [-0.25, -0.2) is 0 Å². The monoisotopic (exact) mass is 281 g/mol. The van der Waals surface area contributed by atoms with Crippen molar-refractivity contribution in [1.82, 2.24) is 4.90 Å². The third kappa shape index (κ3) is 3.15. The van der Waals surface area contributed by atoms with E-state index >= 15 is 0 Å². The standard InChI is InChI=1S/C16H27NO3/c1-16(2,3)11-7-9-17(10-8-11)14(18)12-5-4-6-13(12)15(19)20/h11-13H,4-10H2,1-3H3,(H,19,20)/t12-,13+/m1/s1.